The average Bonchev–Trinajstić information content (AvgIpc) is 2.17. The molecule has 0 aliphatic carbocycles. The molecule has 0 radical (unpaired) electrons. The summed E-state index contributed by atoms with van der Waals surface area (Å²) in [4.78, 5) is 15.1. The number of hydrogen-bond acceptors (Lipinski definition) is 4. The maximum atomic E-state index is 10.8. The molecule has 0 bridgehead atoms. The van der Waals surface area contributed by atoms with Crippen molar-refractivity contribution in [2.45, 2.75) is 18.4 Å². The van der Waals surface area contributed by atoms with Crippen molar-refractivity contribution in [3.8, 4) is 0 Å². The van der Waals surface area contributed by atoms with Gasteiger partial charge in [-0.05, 0) is 19.1 Å². The molecule has 1 rings (SSSR count). The van der Waals surface area contributed by atoms with Crippen LogP contribution >= 0.6 is 11.8 Å². The molecule has 0 N–H and O–H groups in total. The lowest BCUT2D eigenvalue weighted by Crippen LogP contribution is -2.01. The number of aryl methyl sites for hydroxylation is 1. The first-order chi connectivity index (χ1) is 6.72. The van der Waals surface area contributed by atoms with E-state index < -0.39 is 0 Å². The highest BCUT2D eigenvalue weighted by atomic mass is 32.2. The fourth-order valence-electron chi connectivity index (χ4n) is 0.939. The van der Waals surface area contributed by atoms with Crippen molar-refractivity contribution in [1.29, 1.82) is 0 Å². The van der Waals surface area contributed by atoms with Crippen LogP contribution in [0.4, 0.5) is 0 Å². The molecule has 0 aliphatic rings. The zero-order valence-corrected chi connectivity index (χ0v) is 9.13. The molecule has 1 heterocycles. The van der Waals surface area contributed by atoms with Crippen LogP contribution in [0, 0.1) is 6.92 Å². The second kappa shape index (κ2) is 5.65. The van der Waals surface area contributed by atoms with E-state index in [0.717, 1.165) is 10.7 Å². The van der Waals surface area contributed by atoms with E-state index in [-0.39, 0.29) is 5.97 Å². The van der Waals surface area contributed by atoms with E-state index in [0.29, 0.717) is 12.2 Å². The molecular weight excluding hydrogens is 198 g/mol. The lowest BCUT2D eigenvalue weighted by molar-refractivity contribution is -0.140. The molecule has 4 heteroatoms. The number of ether oxygens (including phenoxy) is 1. The molecule has 0 saturated carbocycles. The van der Waals surface area contributed by atoms with Crippen molar-refractivity contribution < 1.29 is 9.53 Å². The second-order valence-electron chi connectivity index (χ2n) is 2.79. The molecular formula is C10H13NO2S. The number of rotatable bonds is 4. The molecule has 0 unspecified atom stereocenters. The van der Waals surface area contributed by atoms with Crippen LogP contribution in [0.25, 0.3) is 0 Å². The third-order valence-electron chi connectivity index (χ3n) is 1.65. The van der Waals surface area contributed by atoms with Crippen LogP contribution < -0.4 is 0 Å². The maximum absolute atomic E-state index is 10.8. The van der Waals surface area contributed by atoms with Gasteiger partial charge >= 0.3 is 5.97 Å². The van der Waals surface area contributed by atoms with Gasteiger partial charge in [0.05, 0.1) is 18.6 Å². The third kappa shape index (κ3) is 3.79. The number of aromatic nitrogens is 1. The molecule has 0 spiro atoms. The molecule has 1 aromatic heterocycles. The van der Waals surface area contributed by atoms with Crippen LogP contribution in [0.3, 0.4) is 0 Å². The topological polar surface area (TPSA) is 39.2 Å². The SMILES string of the molecule is COC(=O)CCSc1cccc(C)n1. The van der Waals surface area contributed by atoms with Crippen LogP contribution in [0.2, 0.25) is 0 Å². The summed E-state index contributed by atoms with van der Waals surface area (Å²) in [5.74, 6) is 0.536. The molecule has 0 aliphatic heterocycles. The van der Waals surface area contributed by atoms with E-state index in [1.807, 2.05) is 25.1 Å². The Labute approximate surface area is 87.9 Å². The Morgan fingerprint density at radius 1 is 1.57 bits per heavy atom. The predicted molar refractivity (Wildman–Crippen MR) is 56.3 cm³/mol. The Morgan fingerprint density at radius 3 is 3.00 bits per heavy atom. The summed E-state index contributed by atoms with van der Waals surface area (Å²) in [6, 6.07) is 5.85. The van der Waals surface area contributed by atoms with Gasteiger partial charge in [0.25, 0.3) is 0 Å². The number of hydrogen-bond donors (Lipinski definition) is 0. The molecule has 14 heavy (non-hydrogen) atoms. The van der Waals surface area contributed by atoms with Crippen molar-refractivity contribution in [3.05, 3.63) is 23.9 Å². The summed E-state index contributed by atoms with van der Waals surface area (Å²) in [5.41, 5.74) is 0.994. The van der Waals surface area contributed by atoms with Gasteiger partial charge < -0.3 is 4.74 Å². The van der Waals surface area contributed by atoms with Crippen molar-refractivity contribution in [2.24, 2.45) is 0 Å². The fourth-order valence-corrected chi connectivity index (χ4v) is 1.80. The van der Waals surface area contributed by atoms with Gasteiger partial charge in [-0.25, -0.2) is 4.98 Å². The number of methoxy groups -OCH3 is 1. The van der Waals surface area contributed by atoms with Gasteiger partial charge in [0, 0.05) is 11.4 Å². The molecule has 0 aromatic carbocycles. The molecule has 76 valence electrons. The van der Waals surface area contributed by atoms with E-state index in [1.54, 1.807) is 11.8 Å². The highest BCUT2D eigenvalue weighted by Gasteiger charge is 2.01. The minimum Gasteiger partial charge on any atom is -0.469 e. The number of nitrogens with zero attached hydrogens (tertiary/aromatic N) is 1. The third-order valence-corrected chi connectivity index (χ3v) is 2.58. The smallest absolute Gasteiger partial charge is 0.306 e. The zero-order chi connectivity index (χ0) is 10.4. The first kappa shape index (κ1) is 11.0. The highest BCUT2D eigenvalue weighted by Crippen LogP contribution is 2.16. The minimum atomic E-state index is -0.176. The van der Waals surface area contributed by atoms with Gasteiger partial charge in [0.1, 0.15) is 0 Å². The fraction of sp³-hybridized carbons (Fsp3) is 0.400. The molecule has 0 atom stereocenters. The maximum Gasteiger partial charge on any atom is 0.306 e. The van der Waals surface area contributed by atoms with Crippen molar-refractivity contribution in [1.82, 2.24) is 4.98 Å². The van der Waals surface area contributed by atoms with Crippen molar-refractivity contribution in [3.63, 3.8) is 0 Å². The predicted octanol–water partition coefficient (Wildman–Crippen LogP) is 2.05. The molecule has 0 fully saturated rings. The summed E-state index contributed by atoms with van der Waals surface area (Å²) < 4.78 is 4.54. The number of carbonyl (C=O) groups is 1. The molecule has 3 nitrogen and oxygen atoms in total. The van der Waals surface area contributed by atoms with Gasteiger partial charge in [0.2, 0.25) is 0 Å². The lowest BCUT2D eigenvalue weighted by atomic mass is 10.4. The number of carbonyl (C=O) groups excluding carboxylic acids is 1. The Hall–Kier alpha value is -1.03. The van der Waals surface area contributed by atoms with Gasteiger partial charge in [0.15, 0.2) is 0 Å². The van der Waals surface area contributed by atoms with Gasteiger partial charge in [-0.3, -0.25) is 4.79 Å². The first-order valence-electron chi connectivity index (χ1n) is 4.35. The first-order valence-corrected chi connectivity index (χ1v) is 5.34. The monoisotopic (exact) mass is 211 g/mol. The van der Waals surface area contributed by atoms with Crippen LogP contribution in [0.5, 0.6) is 0 Å². The Bertz CT molecular complexity index is 315. The molecule has 1 aromatic rings. The highest BCUT2D eigenvalue weighted by molar-refractivity contribution is 7.99. The average molecular weight is 211 g/mol. The van der Waals surface area contributed by atoms with Gasteiger partial charge in [-0.2, -0.15) is 0 Å². The Kier molecular flexibility index (Phi) is 4.46. The van der Waals surface area contributed by atoms with Crippen molar-refractivity contribution in [2.75, 3.05) is 12.9 Å². The summed E-state index contributed by atoms with van der Waals surface area (Å²) in [5, 5.41) is 0.953. The second-order valence-corrected chi connectivity index (χ2v) is 3.91. The number of esters is 1. The lowest BCUT2D eigenvalue weighted by Gasteiger charge is -2.00. The minimum absolute atomic E-state index is 0.176. The van der Waals surface area contributed by atoms with Crippen LogP contribution in [0.1, 0.15) is 12.1 Å². The standard InChI is InChI=1S/C10H13NO2S/c1-8-4-3-5-9(11-8)14-7-6-10(12)13-2/h3-5H,6-7H2,1-2H3. The Morgan fingerprint density at radius 2 is 2.36 bits per heavy atom. The summed E-state index contributed by atoms with van der Waals surface area (Å²) >= 11 is 1.57. The molecule has 0 amide bonds. The normalized spacial score (nSPS) is 9.86. The molecule has 0 saturated heterocycles. The Balaban J connectivity index is 2.35. The van der Waals surface area contributed by atoms with E-state index in [1.165, 1.54) is 7.11 Å². The van der Waals surface area contributed by atoms with Crippen LogP contribution in [-0.2, 0) is 9.53 Å². The quantitative estimate of drug-likeness (QED) is 0.564. The van der Waals surface area contributed by atoms with Crippen LogP contribution in [0.15, 0.2) is 23.2 Å². The van der Waals surface area contributed by atoms with Crippen molar-refractivity contribution >= 4 is 17.7 Å². The van der Waals surface area contributed by atoms with E-state index in [9.17, 15) is 4.79 Å². The number of thioether (sulfide) groups is 1. The van der Waals surface area contributed by atoms with E-state index >= 15 is 0 Å². The summed E-state index contributed by atoms with van der Waals surface area (Å²) in [6.07, 6.45) is 0.427. The van der Waals surface area contributed by atoms with E-state index in [2.05, 4.69) is 9.72 Å². The van der Waals surface area contributed by atoms with E-state index in [4.69, 9.17) is 0 Å². The summed E-state index contributed by atoms with van der Waals surface area (Å²) in [7, 11) is 1.40. The zero-order valence-electron chi connectivity index (χ0n) is 8.32. The van der Waals surface area contributed by atoms with Gasteiger partial charge in [-0.15, -0.1) is 11.8 Å². The van der Waals surface area contributed by atoms with Crippen LogP contribution in [-0.4, -0.2) is 23.8 Å². The summed E-state index contributed by atoms with van der Waals surface area (Å²) in [6.45, 7) is 1.95. The number of pyridine rings is 1. The van der Waals surface area contributed by atoms with Gasteiger partial charge in [-0.1, -0.05) is 6.07 Å². The largest absolute Gasteiger partial charge is 0.469 e.